The molecule has 2 aromatic heterocycles. The van der Waals surface area contributed by atoms with Crippen molar-refractivity contribution >= 4 is 23.1 Å². The average molecular weight is 435 g/mol. The highest BCUT2D eigenvalue weighted by Gasteiger charge is 2.58. The molecule has 1 aromatic carbocycles. The van der Waals surface area contributed by atoms with Crippen molar-refractivity contribution in [2.24, 2.45) is 5.92 Å². The van der Waals surface area contributed by atoms with Crippen molar-refractivity contribution in [2.75, 3.05) is 12.3 Å². The number of nitrogens with two attached hydrogens (primary N) is 1. The number of fused-ring (bicyclic) bond motifs is 1. The Morgan fingerprint density at radius 2 is 2.12 bits per heavy atom. The van der Waals surface area contributed by atoms with Crippen molar-refractivity contribution in [1.29, 1.82) is 5.26 Å². The van der Waals surface area contributed by atoms with Gasteiger partial charge in [-0.05, 0) is 24.1 Å². The van der Waals surface area contributed by atoms with Gasteiger partial charge in [0, 0.05) is 0 Å². The van der Waals surface area contributed by atoms with E-state index < -0.39 is 42.1 Å². The third-order valence-electron chi connectivity index (χ3n) is 5.49. The summed E-state index contributed by atoms with van der Waals surface area (Å²) in [5.41, 5.74) is 5.29. The van der Waals surface area contributed by atoms with Gasteiger partial charge in [0.1, 0.15) is 24.5 Å². The summed E-state index contributed by atoms with van der Waals surface area (Å²) in [6.07, 6.45) is -1.44. The van der Waals surface area contributed by atoms with Gasteiger partial charge in [-0.1, -0.05) is 37.3 Å². The summed E-state index contributed by atoms with van der Waals surface area (Å²) < 4.78 is 12.3. The summed E-state index contributed by atoms with van der Waals surface area (Å²) in [6, 6.07) is 14.4. The molecule has 32 heavy (non-hydrogen) atoms. The third kappa shape index (κ3) is 3.57. The first-order valence-corrected chi connectivity index (χ1v) is 9.97. The minimum atomic E-state index is -2.03. The molecule has 1 aliphatic heterocycles. The molecule has 0 bridgehead atoms. The molecule has 3 heterocycles. The van der Waals surface area contributed by atoms with Crippen LogP contribution in [0.25, 0.3) is 5.52 Å². The van der Waals surface area contributed by atoms with Gasteiger partial charge >= 0.3 is 5.97 Å². The summed E-state index contributed by atoms with van der Waals surface area (Å²) in [7, 11) is 0. The molecule has 4 rings (SSSR count). The SMILES string of the molecule is C[C@H](Cc1ccccc1)C(=O)OC[C@H]1O[C@@](C#N)(c2ccc3c(N)ncnn23)[C@H](O)C1=O. The quantitative estimate of drug-likeness (QED) is 0.535. The summed E-state index contributed by atoms with van der Waals surface area (Å²) in [5.74, 6) is -1.56. The van der Waals surface area contributed by atoms with Crippen molar-refractivity contribution < 1.29 is 24.2 Å². The molecule has 164 valence electrons. The fourth-order valence-corrected chi connectivity index (χ4v) is 3.77. The van der Waals surface area contributed by atoms with Crippen molar-refractivity contribution in [3.05, 3.63) is 60.0 Å². The largest absolute Gasteiger partial charge is 0.462 e. The second-order valence-corrected chi connectivity index (χ2v) is 7.64. The van der Waals surface area contributed by atoms with E-state index in [1.807, 2.05) is 36.4 Å². The zero-order chi connectivity index (χ0) is 22.9. The van der Waals surface area contributed by atoms with E-state index in [0.717, 1.165) is 5.56 Å². The van der Waals surface area contributed by atoms with E-state index in [0.29, 0.717) is 11.9 Å². The second kappa shape index (κ2) is 8.37. The number of anilines is 1. The standard InChI is InChI=1S/C22H21N5O5/c1-13(9-14-5-3-2-4-6-14)21(30)31-10-16-18(28)19(29)22(11-23,32-16)17-8-7-15-20(24)25-12-26-27(15)17/h2-8,12-13,16,19,29H,9-10H2,1H3,(H2,24,25,26)/t13-,16-,19-,22+/m1/s1. The van der Waals surface area contributed by atoms with Crippen LogP contribution < -0.4 is 5.73 Å². The lowest BCUT2D eigenvalue weighted by molar-refractivity contribution is -0.154. The van der Waals surface area contributed by atoms with E-state index in [-0.39, 0.29) is 11.5 Å². The fraction of sp³-hybridized carbons (Fsp3) is 0.318. The van der Waals surface area contributed by atoms with E-state index in [1.165, 1.54) is 16.9 Å². The molecule has 0 radical (unpaired) electrons. The number of nitrogen functional groups attached to an aromatic ring is 1. The molecule has 0 saturated carbocycles. The molecule has 10 heteroatoms. The maximum Gasteiger partial charge on any atom is 0.309 e. The molecule has 1 fully saturated rings. The molecule has 0 spiro atoms. The number of hydrogen-bond acceptors (Lipinski definition) is 9. The maximum atomic E-state index is 12.7. The van der Waals surface area contributed by atoms with Crippen molar-refractivity contribution in [2.45, 2.75) is 31.2 Å². The van der Waals surface area contributed by atoms with Crippen molar-refractivity contribution in [3.63, 3.8) is 0 Å². The van der Waals surface area contributed by atoms with Gasteiger partial charge in [-0.25, -0.2) is 9.50 Å². The van der Waals surface area contributed by atoms with Gasteiger partial charge < -0.3 is 20.3 Å². The molecule has 0 aliphatic carbocycles. The van der Waals surface area contributed by atoms with Gasteiger partial charge in [0.2, 0.25) is 5.60 Å². The Labute approximate surface area is 183 Å². The minimum Gasteiger partial charge on any atom is -0.462 e. The number of carbonyl (C=O) groups excluding carboxylic acids is 2. The van der Waals surface area contributed by atoms with Crippen LogP contribution in [0.15, 0.2) is 48.8 Å². The number of Topliss-reactive ketones (excluding diaryl/α,β-unsaturated/α-hetero) is 1. The Kier molecular flexibility index (Phi) is 5.61. The van der Waals surface area contributed by atoms with E-state index in [9.17, 15) is 20.0 Å². The van der Waals surface area contributed by atoms with Crippen molar-refractivity contribution in [3.8, 4) is 6.07 Å². The number of aromatic nitrogens is 3. The van der Waals surface area contributed by atoms with E-state index in [1.54, 1.807) is 13.0 Å². The number of carbonyl (C=O) groups is 2. The maximum absolute atomic E-state index is 12.7. The number of hydrogen-bond donors (Lipinski definition) is 2. The molecule has 4 atom stereocenters. The Hall–Kier alpha value is -3.81. The Morgan fingerprint density at radius 3 is 2.84 bits per heavy atom. The Balaban J connectivity index is 1.50. The zero-order valence-electron chi connectivity index (χ0n) is 17.2. The molecule has 0 amide bonds. The average Bonchev–Trinajstić information content (AvgIpc) is 3.34. The first-order chi connectivity index (χ1) is 15.4. The zero-order valence-corrected chi connectivity index (χ0v) is 17.2. The molecule has 3 N–H and O–H groups in total. The first-order valence-electron chi connectivity index (χ1n) is 9.97. The fourth-order valence-electron chi connectivity index (χ4n) is 3.77. The predicted molar refractivity (Wildman–Crippen MR) is 111 cm³/mol. The van der Waals surface area contributed by atoms with Gasteiger partial charge in [0.15, 0.2) is 23.8 Å². The summed E-state index contributed by atoms with van der Waals surface area (Å²) in [5, 5.41) is 24.5. The number of aliphatic hydroxyl groups is 1. The van der Waals surface area contributed by atoms with Gasteiger partial charge in [0.25, 0.3) is 0 Å². The molecule has 0 unspecified atom stereocenters. The van der Waals surface area contributed by atoms with Crippen LogP contribution in [0.3, 0.4) is 0 Å². The van der Waals surface area contributed by atoms with E-state index >= 15 is 0 Å². The monoisotopic (exact) mass is 435 g/mol. The molecular formula is C22H21N5O5. The number of aliphatic hydroxyl groups excluding tert-OH is 1. The normalized spacial score (nSPS) is 23.7. The van der Waals surface area contributed by atoms with Crippen LogP contribution in [-0.2, 0) is 31.1 Å². The molecule has 1 aliphatic rings. The Bertz CT molecular complexity index is 1200. The molecule has 1 saturated heterocycles. The van der Waals surface area contributed by atoms with Crippen LogP contribution >= 0.6 is 0 Å². The lowest BCUT2D eigenvalue weighted by atomic mass is 9.93. The van der Waals surface area contributed by atoms with Crippen LogP contribution in [-0.4, -0.2) is 50.3 Å². The van der Waals surface area contributed by atoms with Gasteiger partial charge in [0.05, 0.1) is 11.6 Å². The number of nitrogens with zero attached hydrogens (tertiary/aromatic N) is 4. The molecule has 10 nitrogen and oxygen atoms in total. The van der Waals surface area contributed by atoms with Gasteiger partial charge in [-0.2, -0.15) is 10.4 Å². The Morgan fingerprint density at radius 1 is 1.38 bits per heavy atom. The highest BCUT2D eigenvalue weighted by molar-refractivity contribution is 5.92. The highest BCUT2D eigenvalue weighted by Crippen LogP contribution is 2.38. The third-order valence-corrected chi connectivity index (χ3v) is 5.49. The summed E-state index contributed by atoms with van der Waals surface area (Å²) in [4.78, 5) is 29.0. The van der Waals surface area contributed by atoms with Crippen LogP contribution in [0.2, 0.25) is 0 Å². The summed E-state index contributed by atoms with van der Waals surface area (Å²) >= 11 is 0. The van der Waals surface area contributed by atoms with Crippen LogP contribution in [0.4, 0.5) is 5.82 Å². The number of esters is 1. The lowest BCUT2D eigenvalue weighted by Gasteiger charge is -2.23. The highest BCUT2D eigenvalue weighted by atomic mass is 16.6. The summed E-state index contributed by atoms with van der Waals surface area (Å²) in [6.45, 7) is 1.30. The number of ketones is 1. The number of ether oxygens (including phenoxy) is 2. The minimum absolute atomic E-state index is 0.122. The number of rotatable bonds is 6. The van der Waals surface area contributed by atoms with Gasteiger partial charge in [-0.15, -0.1) is 0 Å². The van der Waals surface area contributed by atoms with Crippen LogP contribution in [0.1, 0.15) is 18.2 Å². The predicted octanol–water partition coefficient (Wildman–Crippen LogP) is 0.781. The van der Waals surface area contributed by atoms with E-state index in [4.69, 9.17) is 15.2 Å². The second-order valence-electron chi connectivity index (χ2n) is 7.64. The molecular weight excluding hydrogens is 414 g/mol. The number of benzene rings is 1. The van der Waals surface area contributed by atoms with Crippen LogP contribution in [0.5, 0.6) is 0 Å². The lowest BCUT2D eigenvalue weighted by Crippen LogP contribution is -2.39. The smallest absolute Gasteiger partial charge is 0.309 e. The van der Waals surface area contributed by atoms with Gasteiger partial charge in [-0.3, -0.25) is 9.59 Å². The van der Waals surface area contributed by atoms with Crippen LogP contribution in [0, 0.1) is 17.2 Å². The number of nitriles is 1. The van der Waals surface area contributed by atoms with Crippen molar-refractivity contribution in [1.82, 2.24) is 14.6 Å². The topological polar surface area (TPSA) is 153 Å². The molecule has 3 aromatic rings. The van der Waals surface area contributed by atoms with E-state index in [2.05, 4.69) is 10.1 Å². The first kappa shape index (κ1) is 21.4.